The van der Waals surface area contributed by atoms with Crippen LogP contribution in [0.15, 0.2) is 27.1 Å². The second-order valence-corrected chi connectivity index (χ2v) is 5.61. The molecule has 0 bridgehead atoms. The van der Waals surface area contributed by atoms with Crippen LogP contribution in [0.4, 0.5) is 5.88 Å². The van der Waals surface area contributed by atoms with E-state index in [-0.39, 0.29) is 5.88 Å². The fourth-order valence-electron chi connectivity index (χ4n) is 1.38. The predicted octanol–water partition coefficient (Wildman–Crippen LogP) is 3.37. The van der Waals surface area contributed by atoms with Crippen molar-refractivity contribution in [2.24, 2.45) is 5.73 Å². The monoisotopic (exact) mass is 316 g/mol. The summed E-state index contributed by atoms with van der Waals surface area (Å²) in [5.41, 5.74) is 5.99. The van der Waals surface area contributed by atoms with E-state index in [2.05, 4.69) is 15.9 Å². The van der Waals surface area contributed by atoms with Gasteiger partial charge in [0, 0.05) is 14.2 Å². The van der Waals surface area contributed by atoms with E-state index in [1.165, 1.54) is 23.5 Å². The number of nitrogens with two attached hydrogens (primary N) is 1. The molecule has 0 fully saturated rings. The predicted molar refractivity (Wildman–Crippen MR) is 68.1 cm³/mol. The van der Waals surface area contributed by atoms with E-state index >= 15 is 0 Å². The number of halogens is 1. The minimum atomic E-state index is -0.578. The van der Waals surface area contributed by atoms with Gasteiger partial charge in [-0.3, -0.25) is 10.1 Å². The van der Waals surface area contributed by atoms with Crippen LogP contribution in [0.1, 0.15) is 21.6 Å². The Hall–Kier alpha value is -1.18. The van der Waals surface area contributed by atoms with Crippen LogP contribution in [-0.4, -0.2) is 4.92 Å². The van der Waals surface area contributed by atoms with Gasteiger partial charge in [-0.15, -0.1) is 11.3 Å². The number of hydrogen-bond donors (Lipinski definition) is 1. The van der Waals surface area contributed by atoms with Gasteiger partial charge in [-0.05, 0) is 35.0 Å². The average molecular weight is 317 g/mol. The van der Waals surface area contributed by atoms with Crippen molar-refractivity contribution >= 4 is 33.2 Å². The molecule has 0 aliphatic heterocycles. The molecule has 2 N–H and O–H groups in total. The third-order valence-corrected chi connectivity index (χ3v) is 4.50. The van der Waals surface area contributed by atoms with Crippen LogP contribution in [0.3, 0.4) is 0 Å². The summed E-state index contributed by atoms with van der Waals surface area (Å²) in [6, 6.07) is 4.27. The summed E-state index contributed by atoms with van der Waals surface area (Å²) < 4.78 is 6.06. The molecule has 0 amide bonds. The number of hydrogen-bond acceptors (Lipinski definition) is 5. The number of thiophene rings is 1. The smallest absolute Gasteiger partial charge is 0.404 e. The molecule has 1 unspecified atom stereocenters. The van der Waals surface area contributed by atoms with Gasteiger partial charge in [-0.1, -0.05) is 0 Å². The molecule has 7 heteroatoms. The molecule has 0 saturated carbocycles. The van der Waals surface area contributed by atoms with Crippen LogP contribution < -0.4 is 5.73 Å². The topological polar surface area (TPSA) is 82.3 Å². The Morgan fingerprint density at radius 2 is 2.29 bits per heavy atom. The van der Waals surface area contributed by atoms with Crippen LogP contribution in [0.5, 0.6) is 0 Å². The summed E-state index contributed by atoms with van der Waals surface area (Å²) in [6.07, 6.45) is 0. The van der Waals surface area contributed by atoms with Crippen molar-refractivity contribution in [3.05, 3.63) is 48.3 Å². The first kappa shape index (κ1) is 12.3. The number of rotatable bonds is 3. The maximum absolute atomic E-state index is 10.5. The zero-order chi connectivity index (χ0) is 12.6. The minimum Gasteiger partial charge on any atom is -0.404 e. The van der Waals surface area contributed by atoms with Crippen LogP contribution in [-0.2, 0) is 0 Å². The molecule has 0 aliphatic carbocycles. The molecule has 2 rings (SSSR count). The van der Waals surface area contributed by atoms with Crippen molar-refractivity contribution < 1.29 is 9.34 Å². The Bertz CT molecular complexity index is 544. The Morgan fingerprint density at radius 1 is 1.59 bits per heavy atom. The summed E-state index contributed by atoms with van der Waals surface area (Å²) in [6.45, 7) is 1.97. The number of aryl methyl sites for hydroxylation is 1. The number of furan rings is 1. The van der Waals surface area contributed by atoms with Crippen molar-refractivity contribution in [1.29, 1.82) is 0 Å². The van der Waals surface area contributed by atoms with Crippen molar-refractivity contribution in [2.75, 3.05) is 0 Å². The van der Waals surface area contributed by atoms with E-state index in [0.29, 0.717) is 5.76 Å². The normalized spacial score (nSPS) is 12.6. The van der Waals surface area contributed by atoms with Crippen molar-refractivity contribution in [3.63, 3.8) is 0 Å². The van der Waals surface area contributed by atoms with E-state index < -0.39 is 11.0 Å². The second-order valence-electron chi connectivity index (χ2n) is 3.46. The number of nitro groups is 1. The van der Waals surface area contributed by atoms with Crippen LogP contribution in [0, 0.1) is 17.0 Å². The lowest BCUT2D eigenvalue weighted by molar-refractivity contribution is -0.402. The molecular weight excluding hydrogens is 308 g/mol. The Balaban J connectivity index is 2.30. The summed E-state index contributed by atoms with van der Waals surface area (Å²) in [5.74, 6) is 0.105. The highest BCUT2D eigenvalue weighted by atomic mass is 79.9. The van der Waals surface area contributed by atoms with E-state index in [0.717, 1.165) is 14.2 Å². The molecule has 2 aromatic rings. The molecule has 17 heavy (non-hydrogen) atoms. The first-order valence-electron chi connectivity index (χ1n) is 4.74. The average Bonchev–Trinajstić information content (AvgIpc) is 2.86. The van der Waals surface area contributed by atoms with Gasteiger partial charge in [0.2, 0.25) is 0 Å². The third kappa shape index (κ3) is 2.41. The van der Waals surface area contributed by atoms with Crippen LogP contribution in [0.25, 0.3) is 0 Å². The molecule has 0 saturated heterocycles. The SMILES string of the molecule is Cc1sc(C(N)c2ccc([N+](=O)[O-])o2)cc1Br. The molecular formula is C10H9BrN2O3S. The highest BCUT2D eigenvalue weighted by molar-refractivity contribution is 9.10. The summed E-state index contributed by atoms with van der Waals surface area (Å²) in [4.78, 5) is 11.9. The first-order valence-corrected chi connectivity index (χ1v) is 6.35. The quantitative estimate of drug-likeness (QED) is 0.695. The summed E-state index contributed by atoms with van der Waals surface area (Å²) in [7, 11) is 0. The molecule has 2 heterocycles. The molecule has 0 aliphatic rings. The minimum absolute atomic E-state index is 0.289. The molecule has 1 atom stereocenters. The maximum Gasteiger partial charge on any atom is 0.433 e. The van der Waals surface area contributed by atoms with Gasteiger partial charge in [0.25, 0.3) is 0 Å². The first-order chi connectivity index (χ1) is 7.99. The summed E-state index contributed by atoms with van der Waals surface area (Å²) in [5, 5.41) is 10.5. The Morgan fingerprint density at radius 3 is 2.76 bits per heavy atom. The van der Waals surface area contributed by atoms with Crippen molar-refractivity contribution in [3.8, 4) is 0 Å². The zero-order valence-corrected chi connectivity index (χ0v) is 11.2. The largest absolute Gasteiger partial charge is 0.433 e. The molecule has 5 nitrogen and oxygen atoms in total. The second kappa shape index (κ2) is 4.59. The van der Waals surface area contributed by atoms with E-state index in [9.17, 15) is 10.1 Å². The van der Waals surface area contributed by atoms with Gasteiger partial charge in [-0.25, -0.2) is 0 Å². The van der Waals surface area contributed by atoms with Gasteiger partial charge < -0.3 is 10.2 Å². The van der Waals surface area contributed by atoms with Gasteiger partial charge in [-0.2, -0.15) is 0 Å². The van der Waals surface area contributed by atoms with Gasteiger partial charge in [0.1, 0.15) is 10.7 Å². The third-order valence-electron chi connectivity index (χ3n) is 2.28. The molecule has 2 aromatic heterocycles. The maximum atomic E-state index is 10.5. The molecule has 0 spiro atoms. The molecule has 0 radical (unpaired) electrons. The van der Waals surface area contributed by atoms with E-state index in [4.69, 9.17) is 10.2 Å². The summed E-state index contributed by atoms with van der Waals surface area (Å²) >= 11 is 4.93. The highest BCUT2D eigenvalue weighted by Crippen LogP contribution is 2.33. The Kier molecular flexibility index (Phi) is 3.32. The van der Waals surface area contributed by atoms with Crippen molar-refractivity contribution in [1.82, 2.24) is 0 Å². The van der Waals surface area contributed by atoms with Gasteiger partial charge >= 0.3 is 5.88 Å². The number of nitrogens with zero attached hydrogens (tertiary/aromatic N) is 1. The zero-order valence-electron chi connectivity index (χ0n) is 8.84. The Labute approximate surface area is 110 Å². The fourth-order valence-corrected chi connectivity index (χ4v) is 2.95. The van der Waals surface area contributed by atoms with Gasteiger partial charge in [0.15, 0.2) is 0 Å². The van der Waals surface area contributed by atoms with Crippen molar-refractivity contribution in [2.45, 2.75) is 13.0 Å². The molecule has 0 aromatic carbocycles. The standard InChI is InChI=1S/C10H9BrN2O3S/c1-5-6(11)4-8(17-5)10(12)7-2-3-9(16-7)13(14)15/h2-4,10H,12H2,1H3. The van der Waals surface area contributed by atoms with E-state index in [1.807, 2.05) is 13.0 Å². The van der Waals surface area contributed by atoms with E-state index in [1.54, 1.807) is 0 Å². The lowest BCUT2D eigenvalue weighted by atomic mass is 10.2. The highest BCUT2D eigenvalue weighted by Gasteiger charge is 2.20. The lowest BCUT2D eigenvalue weighted by Gasteiger charge is -2.04. The lowest BCUT2D eigenvalue weighted by Crippen LogP contribution is -2.08. The molecule has 90 valence electrons. The van der Waals surface area contributed by atoms with Gasteiger partial charge in [0.05, 0.1) is 12.1 Å². The van der Waals surface area contributed by atoms with Crippen LogP contribution >= 0.6 is 27.3 Å². The fraction of sp³-hybridized carbons (Fsp3) is 0.200. The van der Waals surface area contributed by atoms with Crippen LogP contribution in [0.2, 0.25) is 0 Å².